The Balaban J connectivity index is 1.40. The number of carbonyl (C=O) groups is 2. The highest BCUT2D eigenvalue weighted by atomic mass is 32.2. The van der Waals surface area contributed by atoms with Crippen molar-refractivity contribution in [2.75, 3.05) is 6.61 Å². The van der Waals surface area contributed by atoms with E-state index < -0.39 is 68.3 Å². The summed E-state index contributed by atoms with van der Waals surface area (Å²) >= 11 is 0. The molecule has 0 aromatic carbocycles. The van der Waals surface area contributed by atoms with Crippen LogP contribution in [0, 0.1) is 51.8 Å². The molecule has 0 aromatic rings. The third kappa shape index (κ3) is 1.33. The van der Waals surface area contributed by atoms with E-state index in [4.69, 9.17) is 8.92 Å². The smallest absolute Gasteiger partial charge is 0.365 e. The van der Waals surface area contributed by atoms with Crippen LogP contribution < -0.4 is 0 Å². The van der Waals surface area contributed by atoms with Crippen molar-refractivity contribution in [2.24, 2.45) is 51.8 Å². The fourth-order valence-electron chi connectivity index (χ4n) is 10.5. The van der Waals surface area contributed by atoms with Gasteiger partial charge < -0.3 is 14.9 Å². The zero-order valence-corrected chi connectivity index (χ0v) is 18.5. The van der Waals surface area contributed by atoms with E-state index in [1.54, 1.807) is 0 Å². The van der Waals surface area contributed by atoms with Gasteiger partial charge in [0, 0.05) is 22.7 Å². The minimum Gasteiger partial charge on any atom is -0.387 e. The van der Waals surface area contributed by atoms with Gasteiger partial charge in [0.25, 0.3) is 0 Å². The molecule has 2 spiro atoms. The number of aliphatic hydroxyl groups excluding tert-OH is 1. The lowest BCUT2D eigenvalue weighted by Gasteiger charge is -2.84. The Bertz CT molecular complexity index is 1200. The number of hydrogen-bond donors (Lipinski definition) is 2. The average molecular weight is 464 g/mol. The standard InChI is InChI=1S/C22H25NO8S/c1-7-8-4-5-9-20-6-30-22(27,21(9)11(8)10(7)15(21)24)16(25)14(20)19(2,3)17-13-12(20)18(26)23(13)32(28,29)31-17/h8-14,16-17,25,27H,1,4-6H2,2-3H3/t8-,9-,10?,11-,12-,13-,14+,16-,17-,20+,21+,22+/m0/s1. The summed E-state index contributed by atoms with van der Waals surface area (Å²) < 4.78 is 37.6. The number of allylic oxidation sites excluding steroid dienone is 1. The van der Waals surface area contributed by atoms with Gasteiger partial charge in [-0.1, -0.05) is 26.0 Å². The van der Waals surface area contributed by atoms with Crippen molar-refractivity contribution in [3.8, 4) is 0 Å². The van der Waals surface area contributed by atoms with E-state index in [0.29, 0.717) is 6.42 Å². The van der Waals surface area contributed by atoms with Gasteiger partial charge in [0.1, 0.15) is 12.2 Å². The largest absolute Gasteiger partial charge is 0.387 e. The quantitative estimate of drug-likeness (QED) is 0.366. The highest BCUT2D eigenvalue weighted by Crippen LogP contribution is 2.85. The van der Waals surface area contributed by atoms with Crippen LogP contribution in [0.1, 0.15) is 26.7 Å². The molecule has 9 fully saturated rings. The lowest BCUT2D eigenvalue weighted by Crippen LogP contribution is -2.94. The van der Waals surface area contributed by atoms with E-state index in [1.165, 1.54) is 0 Å². The first-order chi connectivity index (χ1) is 14.9. The zero-order chi connectivity index (χ0) is 22.5. The molecule has 32 heavy (non-hydrogen) atoms. The van der Waals surface area contributed by atoms with E-state index in [2.05, 4.69) is 6.58 Å². The maximum atomic E-state index is 13.7. The Morgan fingerprint density at radius 3 is 2.66 bits per heavy atom. The minimum atomic E-state index is -4.20. The zero-order valence-electron chi connectivity index (χ0n) is 17.7. The van der Waals surface area contributed by atoms with Crippen molar-refractivity contribution in [3.05, 3.63) is 12.2 Å². The molecule has 4 saturated heterocycles. The Kier molecular flexibility index (Phi) is 2.75. The van der Waals surface area contributed by atoms with Crippen LogP contribution in [0.25, 0.3) is 0 Å². The number of rotatable bonds is 0. The fraction of sp³-hybridized carbons (Fsp3) is 0.818. The van der Waals surface area contributed by atoms with Crippen molar-refractivity contribution in [2.45, 2.75) is 50.7 Å². The van der Waals surface area contributed by atoms with Crippen molar-refractivity contribution >= 4 is 22.0 Å². The van der Waals surface area contributed by atoms with Gasteiger partial charge in [-0.05, 0) is 30.6 Å². The molecule has 5 aliphatic carbocycles. The van der Waals surface area contributed by atoms with Gasteiger partial charge in [0.2, 0.25) is 11.7 Å². The molecular weight excluding hydrogens is 438 g/mol. The molecular formula is C22H25NO8S. The number of carbonyl (C=O) groups excluding carboxylic acids is 2. The van der Waals surface area contributed by atoms with E-state index in [0.717, 1.165) is 16.3 Å². The second kappa shape index (κ2) is 4.62. The van der Waals surface area contributed by atoms with Gasteiger partial charge in [-0.15, -0.1) is 0 Å². The lowest BCUT2D eigenvalue weighted by atomic mass is 9.22. The number of β-lactam (4-membered cyclic amide) rings is 1. The van der Waals surface area contributed by atoms with Crippen molar-refractivity contribution in [3.63, 3.8) is 0 Å². The van der Waals surface area contributed by atoms with Crippen LogP contribution in [0.4, 0.5) is 0 Å². The predicted octanol–water partition coefficient (Wildman–Crippen LogP) is -0.410. The summed E-state index contributed by atoms with van der Waals surface area (Å²) in [5, 5.41) is 23.7. The highest BCUT2D eigenvalue weighted by Gasteiger charge is 2.94. The first-order valence-electron chi connectivity index (χ1n) is 11.4. The Morgan fingerprint density at radius 2 is 1.94 bits per heavy atom. The molecule has 2 bridgehead atoms. The molecule has 1 unspecified atom stereocenters. The van der Waals surface area contributed by atoms with Crippen molar-refractivity contribution < 1.29 is 37.1 Å². The topological polar surface area (TPSA) is 130 Å². The first kappa shape index (κ1) is 19.0. The average Bonchev–Trinajstić information content (AvgIpc) is 2.95. The number of amides is 1. The number of ketones is 1. The summed E-state index contributed by atoms with van der Waals surface area (Å²) in [7, 11) is -4.20. The normalized spacial score (nSPS) is 63.3. The van der Waals surface area contributed by atoms with E-state index in [1.807, 2.05) is 13.8 Å². The van der Waals surface area contributed by atoms with Crippen LogP contribution in [0.5, 0.6) is 0 Å². The first-order valence-corrected chi connectivity index (χ1v) is 12.8. The number of fused-ring (bicyclic) bond motifs is 1. The van der Waals surface area contributed by atoms with Crippen LogP contribution in [0.15, 0.2) is 12.2 Å². The van der Waals surface area contributed by atoms with E-state index in [9.17, 15) is 28.2 Å². The molecule has 10 heteroatoms. The summed E-state index contributed by atoms with van der Waals surface area (Å²) in [6.45, 7) is 7.79. The fourth-order valence-corrected chi connectivity index (χ4v) is 12.1. The number of hydrogen-bond acceptors (Lipinski definition) is 8. The summed E-state index contributed by atoms with van der Waals surface area (Å²) in [6, 6.07) is -0.670. The van der Waals surface area contributed by atoms with Gasteiger partial charge in [0.15, 0.2) is 5.78 Å². The molecule has 4 aliphatic heterocycles. The molecule has 9 aliphatic rings. The summed E-state index contributed by atoms with van der Waals surface area (Å²) in [5.74, 6) is -4.82. The van der Waals surface area contributed by atoms with E-state index in [-0.39, 0.29) is 36.1 Å². The van der Waals surface area contributed by atoms with Crippen molar-refractivity contribution in [1.82, 2.24) is 4.31 Å². The summed E-state index contributed by atoms with van der Waals surface area (Å²) in [5.41, 5.74) is -2.18. The molecule has 172 valence electrons. The monoisotopic (exact) mass is 463 g/mol. The summed E-state index contributed by atoms with van der Waals surface area (Å²) in [4.78, 5) is 27.0. The number of Topliss-reactive ketones (excluding diaryl/α,β-unsaturated/α-hetero) is 1. The predicted molar refractivity (Wildman–Crippen MR) is 104 cm³/mol. The Hall–Kier alpha value is -1.33. The van der Waals surface area contributed by atoms with Gasteiger partial charge in [-0.25, -0.2) is 8.49 Å². The SMILES string of the molecule is C=C1C2C(=O)[C@]34[C@H]2[C@H]1CC[C@H]3[C@@]12CO[C@]4(O)[C@@H](O)[C@@H]1C(C)(C)[C@H]1OS(=O)(=O)N3C(=O)[C@@H]2[C@@H]13. The molecule has 9 rings (SSSR count). The molecule has 5 saturated carbocycles. The third-order valence-corrected chi connectivity index (χ3v) is 12.6. The van der Waals surface area contributed by atoms with Crippen LogP contribution >= 0.6 is 0 Å². The Labute approximate surface area is 185 Å². The van der Waals surface area contributed by atoms with E-state index >= 15 is 0 Å². The molecule has 1 amide bonds. The van der Waals surface area contributed by atoms with Gasteiger partial charge in [-0.3, -0.25) is 9.59 Å². The van der Waals surface area contributed by atoms with Gasteiger partial charge in [-0.2, -0.15) is 8.42 Å². The second-order valence-electron chi connectivity index (χ2n) is 12.0. The van der Waals surface area contributed by atoms with Gasteiger partial charge >= 0.3 is 10.3 Å². The molecule has 12 atom stereocenters. The summed E-state index contributed by atoms with van der Waals surface area (Å²) in [6.07, 6.45) is -0.828. The van der Waals surface area contributed by atoms with Crippen LogP contribution in [-0.4, -0.2) is 65.3 Å². The number of nitrogens with zero attached hydrogens (tertiary/aromatic N) is 1. The molecule has 4 heterocycles. The number of ether oxygens (including phenoxy) is 1. The molecule has 2 N–H and O–H groups in total. The molecule has 0 aromatic heterocycles. The maximum Gasteiger partial charge on any atom is 0.365 e. The highest BCUT2D eigenvalue weighted by molar-refractivity contribution is 7.85. The Morgan fingerprint density at radius 1 is 1.22 bits per heavy atom. The molecule has 0 radical (unpaired) electrons. The van der Waals surface area contributed by atoms with Gasteiger partial charge in [0.05, 0.1) is 24.0 Å². The maximum absolute atomic E-state index is 13.7. The lowest BCUT2D eigenvalue weighted by molar-refractivity contribution is -0.477. The third-order valence-electron chi connectivity index (χ3n) is 11.3. The number of aliphatic hydroxyl groups is 2. The van der Waals surface area contributed by atoms with Crippen LogP contribution in [0.3, 0.4) is 0 Å². The minimum absolute atomic E-state index is 0.0187. The van der Waals surface area contributed by atoms with Crippen LogP contribution in [-0.2, 0) is 28.8 Å². The molecule has 9 nitrogen and oxygen atoms in total. The second-order valence-corrected chi connectivity index (χ2v) is 13.4. The van der Waals surface area contributed by atoms with Crippen LogP contribution in [0.2, 0.25) is 0 Å². The van der Waals surface area contributed by atoms with Crippen molar-refractivity contribution in [1.29, 1.82) is 0 Å².